The second kappa shape index (κ2) is 8.34. The second-order valence-corrected chi connectivity index (χ2v) is 3.16. The van der Waals surface area contributed by atoms with Crippen LogP contribution >= 0.6 is 0 Å². The quantitative estimate of drug-likeness (QED) is 0.237. The summed E-state index contributed by atoms with van der Waals surface area (Å²) in [6.45, 7) is 2.41. The van der Waals surface area contributed by atoms with Crippen LogP contribution in [0.4, 0.5) is 14.4 Å². The predicted molar refractivity (Wildman–Crippen MR) is 60.1 cm³/mol. The summed E-state index contributed by atoms with van der Waals surface area (Å²) < 4.78 is 0. The van der Waals surface area contributed by atoms with Crippen molar-refractivity contribution in [1.29, 1.82) is 0 Å². The normalized spacial score (nSPS) is 8.81. The van der Waals surface area contributed by atoms with Crippen LogP contribution in [0.15, 0.2) is 0 Å². The largest absolute Gasteiger partial charge is 0.372 e. The van der Waals surface area contributed by atoms with Gasteiger partial charge in [-0.2, -0.15) is 0 Å². The molecule has 0 radical (unpaired) electrons. The van der Waals surface area contributed by atoms with Gasteiger partial charge >= 0.3 is 18.1 Å². The van der Waals surface area contributed by atoms with Crippen LogP contribution in [0.3, 0.4) is 0 Å². The van der Waals surface area contributed by atoms with E-state index in [-0.39, 0.29) is 0 Å². The van der Waals surface area contributed by atoms with Gasteiger partial charge in [-0.25, -0.2) is 36.1 Å². The Morgan fingerprint density at radius 2 is 1.44 bits per heavy atom. The zero-order chi connectivity index (χ0) is 12.4. The Morgan fingerprint density at radius 3 is 1.94 bits per heavy atom. The van der Waals surface area contributed by atoms with Crippen molar-refractivity contribution in [2.45, 2.75) is 13.3 Å². The van der Waals surface area contributed by atoms with E-state index < -0.39 is 18.1 Å². The van der Waals surface area contributed by atoms with Crippen molar-refractivity contribution >= 4 is 28.5 Å². The van der Waals surface area contributed by atoms with Gasteiger partial charge in [0.2, 0.25) is 0 Å². The van der Waals surface area contributed by atoms with E-state index in [2.05, 4.69) is 15.7 Å². The Hall–Kier alpha value is -1.97. The summed E-state index contributed by atoms with van der Waals surface area (Å²) in [6, 6.07) is -1.79. The molecule has 10 heteroatoms. The van der Waals surface area contributed by atoms with Gasteiger partial charge < -0.3 is 10.3 Å². The van der Waals surface area contributed by atoms with E-state index in [4.69, 9.17) is 0 Å². The third kappa shape index (κ3) is 7.43. The highest BCUT2D eigenvalue weighted by Gasteiger charge is 2.03. The fraction of sp³-hybridized carbons (Fsp3) is 0.500. The summed E-state index contributed by atoms with van der Waals surface area (Å²) in [4.78, 5) is 34.9. The van der Waals surface area contributed by atoms with Crippen LogP contribution in [0.25, 0.3) is 0 Å². The summed E-state index contributed by atoms with van der Waals surface area (Å²) in [7, 11) is 0.470. The van der Waals surface area contributed by atoms with Gasteiger partial charge in [-0.05, 0) is 6.42 Å². The lowest BCUT2D eigenvalue weighted by molar-refractivity contribution is 0.218. The lowest BCUT2D eigenvalue weighted by Gasteiger charge is -2.10. The molecule has 0 bridgehead atoms. The summed E-state index contributed by atoms with van der Waals surface area (Å²) in [5.41, 5.74) is 8.17. The molecule has 0 atom stereocenters. The minimum atomic E-state index is -0.753. The summed E-state index contributed by atoms with van der Waals surface area (Å²) >= 11 is 0. The van der Waals surface area contributed by atoms with Gasteiger partial charge in [0, 0.05) is 6.54 Å². The van der Waals surface area contributed by atoms with Gasteiger partial charge in [-0.1, -0.05) is 6.92 Å². The molecule has 6 N–H and O–H groups in total. The van der Waals surface area contributed by atoms with Gasteiger partial charge in [-0.3, -0.25) is 0 Å². The summed E-state index contributed by atoms with van der Waals surface area (Å²) in [5.74, 6) is 0. The first kappa shape index (κ1) is 14.0. The maximum absolute atomic E-state index is 10.9. The Morgan fingerprint density at radius 1 is 0.938 bits per heavy atom. The van der Waals surface area contributed by atoms with E-state index in [1.54, 1.807) is 0 Å². The number of urea groups is 3. The topological polar surface area (TPSA) is 123 Å². The maximum Gasteiger partial charge on any atom is 0.352 e. The second-order valence-electron chi connectivity index (χ2n) is 2.66. The molecule has 0 aromatic carbocycles. The van der Waals surface area contributed by atoms with E-state index >= 15 is 0 Å². The first-order chi connectivity index (χ1) is 7.60. The molecule has 0 saturated heterocycles. The minimum Gasteiger partial charge on any atom is -0.372 e. The average molecular weight is 248 g/mol. The number of hydrazine groups is 2. The van der Waals surface area contributed by atoms with E-state index in [0.29, 0.717) is 16.9 Å². The molecule has 0 unspecified atom stereocenters. The molecule has 0 fully saturated rings. The first-order valence-corrected chi connectivity index (χ1v) is 5.67. The average Bonchev–Trinajstić information content (AvgIpc) is 2.30. The molecule has 6 amide bonds. The molecule has 0 aromatic rings. The van der Waals surface area contributed by atoms with Crippen LogP contribution in [0, 0.1) is 0 Å². The third-order valence-electron chi connectivity index (χ3n) is 1.34. The highest BCUT2D eigenvalue weighted by molar-refractivity contribution is 6.13. The van der Waals surface area contributed by atoms with Gasteiger partial charge in [0.1, 0.15) is 10.4 Å². The Balaban J connectivity index is 3.57. The summed E-state index contributed by atoms with van der Waals surface area (Å²) in [5, 5.41) is 2.48. The van der Waals surface area contributed by atoms with Crippen LogP contribution in [-0.4, -0.2) is 35.0 Å². The van der Waals surface area contributed by atoms with Crippen molar-refractivity contribution in [1.82, 2.24) is 32.0 Å². The first-order valence-electron chi connectivity index (χ1n) is 4.67. The Kier molecular flexibility index (Phi) is 7.32. The molecular formula is C6H16N6O3Si. The molecule has 0 aromatic heterocycles. The molecule has 0 rings (SSSR count). The van der Waals surface area contributed by atoms with Crippen LogP contribution < -0.4 is 32.0 Å². The van der Waals surface area contributed by atoms with Gasteiger partial charge in [-0.15, -0.1) is 0 Å². The van der Waals surface area contributed by atoms with Crippen molar-refractivity contribution in [3.8, 4) is 0 Å². The SMILES string of the molecule is CCCNC(=O)NNC(=O)NNC(=O)N[SiH3]. The number of hydrogen-bond acceptors (Lipinski definition) is 3. The number of amides is 6. The molecule has 0 aliphatic rings. The van der Waals surface area contributed by atoms with E-state index in [1.807, 2.05) is 23.2 Å². The van der Waals surface area contributed by atoms with Gasteiger partial charge in [0.05, 0.1) is 0 Å². The third-order valence-corrected chi connectivity index (χ3v) is 1.80. The van der Waals surface area contributed by atoms with Crippen molar-refractivity contribution in [2.24, 2.45) is 0 Å². The minimum absolute atomic E-state index is 0.470. The predicted octanol–water partition coefficient (Wildman–Crippen LogP) is -2.60. The van der Waals surface area contributed by atoms with E-state index in [1.165, 1.54) is 0 Å². The van der Waals surface area contributed by atoms with Crippen LogP contribution in [0.1, 0.15) is 13.3 Å². The molecule has 9 nitrogen and oxygen atoms in total. The molecule has 0 spiro atoms. The number of rotatable bonds is 2. The smallest absolute Gasteiger partial charge is 0.352 e. The molecule has 0 heterocycles. The summed E-state index contributed by atoms with van der Waals surface area (Å²) in [6.07, 6.45) is 0.793. The number of nitrogens with one attached hydrogen (secondary N) is 6. The molecule has 0 saturated carbocycles. The van der Waals surface area contributed by atoms with Crippen LogP contribution in [0.2, 0.25) is 0 Å². The van der Waals surface area contributed by atoms with E-state index in [9.17, 15) is 14.4 Å². The standard InChI is InChI=1S/C6H16N6O3Si/c1-2-3-7-4(13)8-9-5(14)10-11-6(15)12-16/h2-3H2,1,16H3,(H2,7,8,13)(H2,9,10,14)(H2,11,12,15). The molecule has 0 aliphatic heterocycles. The van der Waals surface area contributed by atoms with Crippen molar-refractivity contribution in [3.63, 3.8) is 0 Å². The molecule has 16 heavy (non-hydrogen) atoms. The fourth-order valence-electron chi connectivity index (χ4n) is 0.604. The zero-order valence-corrected chi connectivity index (χ0v) is 11.1. The lowest BCUT2D eigenvalue weighted by Crippen LogP contribution is -2.55. The maximum atomic E-state index is 10.9. The lowest BCUT2D eigenvalue weighted by atomic mass is 10.5. The molecule has 0 aliphatic carbocycles. The van der Waals surface area contributed by atoms with Crippen molar-refractivity contribution < 1.29 is 14.4 Å². The molecule has 92 valence electrons. The fourth-order valence-corrected chi connectivity index (χ4v) is 0.729. The molecular weight excluding hydrogens is 232 g/mol. The van der Waals surface area contributed by atoms with Crippen LogP contribution in [0.5, 0.6) is 0 Å². The van der Waals surface area contributed by atoms with Crippen LogP contribution in [-0.2, 0) is 0 Å². The monoisotopic (exact) mass is 248 g/mol. The van der Waals surface area contributed by atoms with Gasteiger partial charge in [0.25, 0.3) is 0 Å². The van der Waals surface area contributed by atoms with Crippen molar-refractivity contribution in [2.75, 3.05) is 6.54 Å². The highest BCUT2D eigenvalue weighted by Crippen LogP contribution is 1.69. The Labute approximate surface area is 95.5 Å². The number of hydrogen-bond donors (Lipinski definition) is 6. The van der Waals surface area contributed by atoms with E-state index in [0.717, 1.165) is 6.42 Å². The zero-order valence-electron chi connectivity index (χ0n) is 9.14. The van der Waals surface area contributed by atoms with Gasteiger partial charge in [0.15, 0.2) is 0 Å². The Bertz CT molecular complexity index is 261. The number of carbonyl (C=O) groups is 3. The number of carbonyl (C=O) groups excluding carboxylic acids is 3. The highest BCUT2D eigenvalue weighted by atomic mass is 28.2. The van der Waals surface area contributed by atoms with Crippen molar-refractivity contribution in [3.05, 3.63) is 0 Å².